The first-order chi connectivity index (χ1) is 44.0. The zero-order valence-electron chi connectivity index (χ0n) is 64.3. The molecule has 0 spiro atoms. The van der Waals surface area contributed by atoms with E-state index in [-0.39, 0.29) is 56.3 Å². The molecule has 96 heavy (non-hydrogen) atoms. The first-order valence-corrected chi connectivity index (χ1v) is 34.6. The molecule has 0 aromatic heterocycles. The van der Waals surface area contributed by atoms with Crippen molar-refractivity contribution in [2.24, 2.45) is 52.8 Å². The van der Waals surface area contributed by atoms with Gasteiger partial charge in [-0.15, -0.1) is 6.58 Å². The van der Waals surface area contributed by atoms with Crippen LogP contribution in [-0.2, 0) is 62.2 Å². The number of ketones is 2. The molecule has 0 unspecified atom stereocenters. The lowest BCUT2D eigenvalue weighted by Crippen LogP contribution is -2.63. The van der Waals surface area contributed by atoms with E-state index in [1.807, 2.05) is 48.5 Å². The van der Waals surface area contributed by atoms with Gasteiger partial charge in [-0.1, -0.05) is 130 Å². The molecule has 0 fully saturated rings. The summed E-state index contributed by atoms with van der Waals surface area (Å²) in [4.78, 5) is 180. The highest BCUT2D eigenvalue weighted by atomic mass is 16.6. The van der Waals surface area contributed by atoms with Gasteiger partial charge in [-0.05, 0) is 102 Å². The Labute approximate surface area is 576 Å². The molecule has 0 saturated heterocycles. The Bertz CT molecular complexity index is 2640. The number of rotatable bonds is 40. The molecule has 0 aliphatic carbocycles. The van der Waals surface area contributed by atoms with E-state index in [4.69, 9.17) is 9.47 Å². The van der Waals surface area contributed by atoms with E-state index in [1.54, 1.807) is 82.2 Å². The summed E-state index contributed by atoms with van der Waals surface area (Å²) in [5, 5.41) is 17.2. The van der Waals surface area contributed by atoms with Crippen molar-refractivity contribution in [2.75, 3.05) is 56.4 Å². The summed E-state index contributed by atoms with van der Waals surface area (Å²) in [5.74, 6) is -10.3. The third kappa shape index (κ3) is 25.8. The molecule has 0 radical (unpaired) electrons. The fraction of sp³-hybridized carbons (Fsp3) is 0.806. The molecule has 9 amide bonds. The first kappa shape index (κ1) is 89.5. The smallest absolute Gasteiger partial charge is 0.410 e. The Morgan fingerprint density at radius 3 is 1.41 bits per heavy atom. The molecule has 0 aliphatic heterocycles. The van der Waals surface area contributed by atoms with E-state index >= 15 is 9.59 Å². The number of ether oxygens (including phenoxy) is 2. The number of nitrogens with one attached hydrogen (secondary N) is 2. The maximum atomic E-state index is 15.1. The van der Waals surface area contributed by atoms with Crippen LogP contribution in [0.4, 0.5) is 4.79 Å². The summed E-state index contributed by atoms with van der Waals surface area (Å²) >= 11 is 0. The quantitative estimate of drug-likeness (QED) is 0.0390. The monoisotopic (exact) mass is 1360 g/mol. The van der Waals surface area contributed by atoms with E-state index in [9.17, 15) is 53.1 Å². The van der Waals surface area contributed by atoms with Crippen molar-refractivity contribution in [1.29, 1.82) is 0 Å². The van der Waals surface area contributed by atoms with E-state index in [0.29, 0.717) is 6.42 Å². The van der Waals surface area contributed by atoms with Crippen molar-refractivity contribution in [3.8, 4) is 0 Å². The molecule has 0 aromatic rings. The summed E-state index contributed by atoms with van der Waals surface area (Å²) in [6.45, 7) is 40.9. The fourth-order valence-electron chi connectivity index (χ4n) is 12.1. The van der Waals surface area contributed by atoms with Gasteiger partial charge in [0, 0.05) is 79.4 Å². The number of hydrogen-bond donors (Lipinski definition) is 3. The molecule has 0 rings (SSSR count). The minimum atomic E-state index is -1.47. The Morgan fingerprint density at radius 2 is 0.979 bits per heavy atom. The molecule has 0 aromatic carbocycles. The summed E-state index contributed by atoms with van der Waals surface area (Å²) < 4.78 is 10.4. The van der Waals surface area contributed by atoms with Gasteiger partial charge >= 0.3 is 12.1 Å². The average molecular weight is 1360 g/mol. The van der Waals surface area contributed by atoms with Crippen LogP contribution in [0.2, 0.25) is 0 Å². The molecule has 0 bridgehead atoms. The summed E-state index contributed by atoms with van der Waals surface area (Å²) in [5.41, 5.74) is -1.83. The van der Waals surface area contributed by atoms with E-state index in [2.05, 4.69) is 17.2 Å². The van der Waals surface area contributed by atoms with E-state index < -0.39 is 172 Å². The fourth-order valence-corrected chi connectivity index (χ4v) is 12.1. The lowest BCUT2D eigenvalue weighted by atomic mass is 9.77. The number of esters is 1. The number of aliphatic hydroxyl groups is 1. The van der Waals surface area contributed by atoms with Gasteiger partial charge in [0.05, 0.1) is 25.3 Å². The van der Waals surface area contributed by atoms with Gasteiger partial charge in [-0.25, -0.2) is 9.59 Å². The largest absolute Gasteiger partial charge is 0.467 e. The van der Waals surface area contributed by atoms with E-state index in [1.165, 1.54) is 102 Å². The van der Waals surface area contributed by atoms with Gasteiger partial charge < -0.3 is 54.6 Å². The second kappa shape index (κ2) is 39.8. The lowest BCUT2D eigenvalue weighted by molar-refractivity contribution is -0.157. The first-order valence-electron chi connectivity index (χ1n) is 34.6. The van der Waals surface area contributed by atoms with Crippen molar-refractivity contribution < 1.29 is 72.1 Å². The highest BCUT2D eigenvalue weighted by Gasteiger charge is 2.47. The van der Waals surface area contributed by atoms with Crippen LogP contribution in [0, 0.1) is 52.8 Å². The Balaban J connectivity index is 7.00. The zero-order valence-corrected chi connectivity index (χ0v) is 64.3. The lowest BCUT2D eigenvalue weighted by Gasteiger charge is -2.41. The number of amides is 9. The summed E-state index contributed by atoms with van der Waals surface area (Å²) in [6, 6.07) is -10.4. The Morgan fingerprint density at radius 1 is 0.521 bits per heavy atom. The highest BCUT2D eigenvalue weighted by Crippen LogP contribution is 2.33. The Hall–Kier alpha value is -6.46. The van der Waals surface area contributed by atoms with Crippen molar-refractivity contribution >= 4 is 70.9 Å². The van der Waals surface area contributed by atoms with Gasteiger partial charge in [0.1, 0.15) is 47.9 Å². The normalized spacial score (nSPS) is 16.0. The number of hydrogen-bond acceptors (Lipinski definition) is 15. The number of Topliss-reactive ketones (excluding diaryl/α,β-unsaturated/α-hetero) is 2. The third-order valence-corrected chi connectivity index (χ3v) is 18.4. The molecule has 3 N–H and O–H groups in total. The van der Waals surface area contributed by atoms with Crippen LogP contribution in [0.1, 0.15) is 203 Å². The second-order valence-corrected chi connectivity index (χ2v) is 30.4. The number of likely N-dealkylation sites (N-methyl/N-ethyl adjacent to an activating group) is 7. The van der Waals surface area contributed by atoms with E-state index in [0.717, 1.165) is 22.6 Å². The number of unbranched alkanes of at least 4 members (excludes halogenated alkanes) is 1. The molecular weight excluding hydrogens is 1230 g/mol. The van der Waals surface area contributed by atoms with Crippen LogP contribution in [0.25, 0.3) is 0 Å². The number of nitrogens with zero attached hydrogens (tertiary/aromatic N) is 7. The Kier molecular flexibility index (Phi) is 37.1. The van der Waals surface area contributed by atoms with Gasteiger partial charge in [-0.2, -0.15) is 0 Å². The maximum Gasteiger partial charge on any atom is 0.410 e. The van der Waals surface area contributed by atoms with Crippen molar-refractivity contribution in [2.45, 2.75) is 269 Å². The minimum Gasteiger partial charge on any atom is -0.467 e. The molecule has 552 valence electrons. The highest BCUT2D eigenvalue weighted by molar-refractivity contribution is 5.99. The molecule has 13 atom stereocenters. The number of aliphatic hydroxyl groups excluding tert-OH is 1. The molecule has 0 saturated carbocycles. The van der Waals surface area contributed by atoms with Crippen molar-refractivity contribution in [3.05, 3.63) is 12.7 Å². The summed E-state index contributed by atoms with van der Waals surface area (Å²) in [7, 11) is 11.3. The maximum absolute atomic E-state index is 15.1. The number of carbonyl (C=O) groups excluding carboxylic acids is 12. The standard InChI is InChI=1S/C72H129N9O15/c1-31-34-35-46(14)59(84)58(62(86)74-51(32-2)69(93)95-30)80(28)68(92)57(45(12)13)79(27)67(91)54(38-43(8)9)78(26)66(90)53(37-42(6)7)77(25)63(87)48(16)73-61(85)47(15)39-55(82)52(36-41(4)5)76(24)65(89)50(44(10)11)40-56(83)60(72(21,22)33-3)81(29)64(88)49(17)75(23)70(94)96-71(18,19)20/h33,41-54,57-60,84H,3,31-32,34-40H2,1-2,4-30H3,(H,73,85)(H,74,86)/t46-,47-,48-,49-,50+,51+,52+,53+,54+,57+,58+,59-,60-/m1/s1. The van der Waals surface area contributed by atoms with Crippen molar-refractivity contribution in [3.63, 3.8) is 0 Å². The van der Waals surface area contributed by atoms with Crippen molar-refractivity contribution in [1.82, 2.24) is 44.9 Å². The van der Waals surface area contributed by atoms with Gasteiger partial charge in [-0.3, -0.25) is 52.8 Å². The van der Waals surface area contributed by atoms with Crippen LogP contribution in [-0.4, -0.2) is 233 Å². The molecular formula is C72H129N9O15. The topological polar surface area (TPSA) is 290 Å². The predicted octanol–water partition coefficient (Wildman–Crippen LogP) is 7.80. The zero-order chi connectivity index (χ0) is 75.3. The van der Waals surface area contributed by atoms with Gasteiger partial charge in [0.15, 0.2) is 11.6 Å². The van der Waals surface area contributed by atoms with Crippen LogP contribution in [0.3, 0.4) is 0 Å². The number of methoxy groups -OCH3 is 1. The average Bonchev–Trinajstić information content (AvgIpc) is 0.808. The van der Waals surface area contributed by atoms with Gasteiger partial charge in [0.25, 0.3) is 0 Å². The minimum absolute atomic E-state index is 0.0998. The van der Waals surface area contributed by atoms with Gasteiger partial charge in [0.2, 0.25) is 47.3 Å². The summed E-state index contributed by atoms with van der Waals surface area (Å²) in [6.07, 6.45) is 1.63. The van der Waals surface area contributed by atoms with Crippen LogP contribution < -0.4 is 10.6 Å². The predicted molar refractivity (Wildman–Crippen MR) is 373 cm³/mol. The molecule has 24 nitrogen and oxygen atoms in total. The van der Waals surface area contributed by atoms with Crippen LogP contribution >= 0.6 is 0 Å². The molecule has 0 aliphatic rings. The third-order valence-electron chi connectivity index (χ3n) is 18.4. The van der Waals surface area contributed by atoms with Crippen LogP contribution in [0.15, 0.2) is 12.7 Å². The second-order valence-electron chi connectivity index (χ2n) is 30.4. The SMILES string of the molecule is C=CC(C)(C)[C@@H](C(=O)C[C@H](C(=O)N(C)[C@@H](CC(C)C)C(=O)C[C@@H](C)C(=O)N[C@H](C)C(=O)N(C)[C@@H](CC(C)C)C(=O)N(C)[C@@H](CC(C)C)C(=O)N(C)[C@H](C(=O)N(C)[C@H](C(=O)N[C@@H](CC)C(=O)OC)[C@H](O)[C@H](C)CCCC)C(C)C)C(C)C)N(C)C(=O)[C@@H](C)N(C)C(=O)OC(C)(C)C. The number of carbonyl (C=O) groups is 12. The van der Waals surface area contributed by atoms with Crippen LogP contribution in [0.5, 0.6) is 0 Å². The molecule has 24 heteroatoms. The molecule has 0 heterocycles.